The molecule has 2 heterocycles. The van der Waals surface area contributed by atoms with Crippen molar-refractivity contribution in [2.24, 2.45) is 5.92 Å². The minimum atomic E-state index is 0.401. The number of benzene rings is 1. The molecule has 1 N–H and O–H groups in total. The molecule has 1 aliphatic rings. The lowest BCUT2D eigenvalue weighted by atomic mass is 10.0. The maximum absolute atomic E-state index is 5.46. The van der Waals surface area contributed by atoms with Crippen LogP contribution in [0, 0.1) is 5.92 Å². The van der Waals surface area contributed by atoms with Crippen LogP contribution < -0.4 is 5.32 Å². The van der Waals surface area contributed by atoms with E-state index >= 15 is 0 Å². The Hall–Kier alpha value is -1.13. The van der Waals surface area contributed by atoms with Gasteiger partial charge in [0.2, 0.25) is 0 Å². The van der Waals surface area contributed by atoms with Crippen LogP contribution in [0.4, 0.5) is 5.69 Å². The maximum atomic E-state index is 5.46. The molecule has 0 spiro atoms. The SMILES string of the molecule is CC(Nc1cccc2cc(Br)cnc12)C1CCOC1. The number of hydrogen-bond acceptors (Lipinski definition) is 3. The van der Waals surface area contributed by atoms with E-state index in [-0.39, 0.29) is 0 Å². The second-order valence-corrected chi connectivity index (χ2v) is 6.00. The molecule has 3 rings (SSSR count). The van der Waals surface area contributed by atoms with Gasteiger partial charge in [-0.1, -0.05) is 12.1 Å². The number of ether oxygens (including phenoxy) is 1. The van der Waals surface area contributed by atoms with Crippen molar-refractivity contribution in [3.63, 3.8) is 0 Å². The minimum absolute atomic E-state index is 0.401. The Morgan fingerprint density at radius 1 is 1.47 bits per heavy atom. The molecule has 19 heavy (non-hydrogen) atoms. The zero-order valence-electron chi connectivity index (χ0n) is 10.9. The van der Waals surface area contributed by atoms with Gasteiger partial charge in [0.05, 0.1) is 17.8 Å². The number of rotatable bonds is 3. The van der Waals surface area contributed by atoms with Gasteiger partial charge in [0.25, 0.3) is 0 Å². The molecule has 0 aliphatic carbocycles. The number of fused-ring (bicyclic) bond motifs is 1. The number of halogens is 1. The second kappa shape index (κ2) is 5.47. The van der Waals surface area contributed by atoms with Crippen LogP contribution >= 0.6 is 15.9 Å². The van der Waals surface area contributed by atoms with Gasteiger partial charge in [-0.25, -0.2) is 0 Å². The highest BCUT2D eigenvalue weighted by Crippen LogP contribution is 2.26. The molecular weight excluding hydrogens is 304 g/mol. The van der Waals surface area contributed by atoms with E-state index in [0.717, 1.165) is 40.7 Å². The summed E-state index contributed by atoms with van der Waals surface area (Å²) < 4.78 is 6.47. The molecule has 1 saturated heterocycles. The van der Waals surface area contributed by atoms with Crippen LogP contribution in [0.1, 0.15) is 13.3 Å². The first-order valence-electron chi connectivity index (χ1n) is 6.62. The number of pyridine rings is 1. The molecule has 0 amide bonds. The number of hydrogen-bond donors (Lipinski definition) is 1. The van der Waals surface area contributed by atoms with E-state index in [4.69, 9.17) is 4.74 Å². The summed E-state index contributed by atoms with van der Waals surface area (Å²) in [5, 5.41) is 4.74. The van der Waals surface area contributed by atoms with Crippen molar-refractivity contribution in [3.8, 4) is 0 Å². The van der Waals surface area contributed by atoms with Gasteiger partial charge >= 0.3 is 0 Å². The summed E-state index contributed by atoms with van der Waals surface area (Å²) in [6, 6.07) is 8.74. The summed E-state index contributed by atoms with van der Waals surface area (Å²) in [5.41, 5.74) is 2.13. The molecular formula is C15H17BrN2O. The fourth-order valence-corrected chi connectivity index (χ4v) is 2.91. The average molecular weight is 321 g/mol. The van der Waals surface area contributed by atoms with Gasteiger partial charge in [-0.2, -0.15) is 0 Å². The van der Waals surface area contributed by atoms with Crippen LogP contribution in [0.5, 0.6) is 0 Å². The van der Waals surface area contributed by atoms with E-state index in [1.165, 1.54) is 0 Å². The van der Waals surface area contributed by atoms with E-state index in [1.807, 2.05) is 6.20 Å². The van der Waals surface area contributed by atoms with Crippen LogP contribution in [-0.4, -0.2) is 24.2 Å². The molecule has 0 saturated carbocycles. The summed E-state index contributed by atoms with van der Waals surface area (Å²) >= 11 is 3.46. The summed E-state index contributed by atoms with van der Waals surface area (Å²) in [6.07, 6.45) is 2.98. The van der Waals surface area contributed by atoms with Crippen molar-refractivity contribution in [3.05, 3.63) is 34.9 Å². The first kappa shape index (κ1) is 12.9. The molecule has 100 valence electrons. The molecule has 3 nitrogen and oxygen atoms in total. The van der Waals surface area contributed by atoms with Crippen LogP contribution in [-0.2, 0) is 4.74 Å². The van der Waals surface area contributed by atoms with Crippen LogP contribution in [0.25, 0.3) is 10.9 Å². The van der Waals surface area contributed by atoms with Gasteiger partial charge in [0.15, 0.2) is 0 Å². The van der Waals surface area contributed by atoms with Gasteiger partial charge in [0.1, 0.15) is 0 Å². The zero-order chi connectivity index (χ0) is 13.2. The summed E-state index contributed by atoms with van der Waals surface area (Å²) in [6.45, 7) is 3.96. The smallest absolute Gasteiger partial charge is 0.0934 e. The van der Waals surface area contributed by atoms with Crippen LogP contribution in [0.15, 0.2) is 34.9 Å². The van der Waals surface area contributed by atoms with Crippen LogP contribution in [0.2, 0.25) is 0 Å². The van der Waals surface area contributed by atoms with Gasteiger partial charge in [0, 0.05) is 34.6 Å². The highest BCUT2D eigenvalue weighted by Gasteiger charge is 2.22. The Labute approximate surface area is 121 Å². The van der Waals surface area contributed by atoms with Crippen LogP contribution in [0.3, 0.4) is 0 Å². The van der Waals surface area contributed by atoms with E-state index in [0.29, 0.717) is 12.0 Å². The summed E-state index contributed by atoms with van der Waals surface area (Å²) in [4.78, 5) is 4.52. The third-order valence-electron chi connectivity index (χ3n) is 3.73. The summed E-state index contributed by atoms with van der Waals surface area (Å²) in [7, 11) is 0. The molecule has 2 atom stereocenters. The average Bonchev–Trinajstić information content (AvgIpc) is 2.92. The number of nitrogens with zero attached hydrogens (tertiary/aromatic N) is 1. The maximum Gasteiger partial charge on any atom is 0.0934 e. The van der Waals surface area contributed by atoms with E-state index in [9.17, 15) is 0 Å². The zero-order valence-corrected chi connectivity index (χ0v) is 12.5. The number of nitrogens with one attached hydrogen (secondary N) is 1. The van der Waals surface area contributed by atoms with Gasteiger partial charge in [-0.05, 0) is 41.4 Å². The Balaban J connectivity index is 1.87. The lowest BCUT2D eigenvalue weighted by Crippen LogP contribution is -2.26. The Morgan fingerprint density at radius 2 is 2.37 bits per heavy atom. The summed E-state index contributed by atoms with van der Waals surface area (Å²) in [5.74, 6) is 0.589. The molecule has 1 fully saturated rings. The van der Waals surface area contributed by atoms with E-state index in [2.05, 4.69) is 57.4 Å². The minimum Gasteiger partial charge on any atom is -0.381 e. The topological polar surface area (TPSA) is 34.2 Å². The normalized spacial score (nSPS) is 20.6. The molecule has 2 aromatic rings. The van der Waals surface area contributed by atoms with Crippen molar-refractivity contribution < 1.29 is 4.74 Å². The molecule has 4 heteroatoms. The predicted octanol–water partition coefficient (Wildman–Crippen LogP) is 3.83. The number of anilines is 1. The van der Waals surface area contributed by atoms with Crippen molar-refractivity contribution in [2.75, 3.05) is 18.5 Å². The molecule has 1 aromatic heterocycles. The first-order chi connectivity index (χ1) is 9.24. The van der Waals surface area contributed by atoms with Gasteiger partial charge in [-0.15, -0.1) is 0 Å². The van der Waals surface area contributed by atoms with Gasteiger partial charge in [-0.3, -0.25) is 4.98 Å². The molecule has 1 aliphatic heterocycles. The molecule has 0 radical (unpaired) electrons. The monoisotopic (exact) mass is 320 g/mol. The largest absolute Gasteiger partial charge is 0.381 e. The van der Waals surface area contributed by atoms with Gasteiger partial charge < -0.3 is 10.1 Å². The quantitative estimate of drug-likeness (QED) is 0.933. The first-order valence-corrected chi connectivity index (χ1v) is 7.42. The fourth-order valence-electron chi connectivity index (χ4n) is 2.56. The highest BCUT2D eigenvalue weighted by molar-refractivity contribution is 9.10. The predicted molar refractivity (Wildman–Crippen MR) is 81.5 cm³/mol. The fraction of sp³-hybridized carbons (Fsp3) is 0.400. The molecule has 1 aromatic carbocycles. The van der Waals surface area contributed by atoms with E-state index < -0.39 is 0 Å². The standard InChI is InChI=1S/C15H17BrN2O/c1-10(12-5-6-19-9-12)18-14-4-2-3-11-7-13(16)8-17-15(11)14/h2-4,7-8,10,12,18H,5-6,9H2,1H3. The lowest BCUT2D eigenvalue weighted by molar-refractivity contribution is 0.183. The third-order valence-corrected chi connectivity index (χ3v) is 4.17. The second-order valence-electron chi connectivity index (χ2n) is 5.09. The van der Waals surface area contributed by atoms with Crippen molar-refractivity contribution in [2.45, 2.75) is 19.4 Å². The molecule has 0 bridgehead atoms. The molecule has 2 unspecified atom stereocenters. The third kappa shape index (κ3) is 2.74. The lowest BCUT2D eigenvalue weighted by Gasteiger charge is -2.21. The Morgan fingerprint density at radius 3 is 3.16 bits per heavy atom. The van der Waals surface area contributed by atoms with Crippen molar-refractivity contribution >= 4 is 32.5 Å². The van der Waals surface area contributed by atoms with Crippen molar-refractivity contribution in [1.29, 1.82) is 0 Å². The Kier molecular flexibility index (Phi) is 3.71. The van der Waals surface area contributed by atoms with Crippen molar-refractivity contribution in [1.82, 2.24) is 4.98 Å². The number of aromatic nitrogens is 1. The van der Waals surface area contributed by atoms with E-state index in [1.54, 1.807) is 0 Å². The Bertz CT molecular complexity index is 581. The highest BCUT2D eigenvalue weighted by atomic mass is 79.9. The number of para-hydroxylation sites is 1.